The number of ether oxygens (including phenoxy) is 1. The van der Waals surface area contributed by atoms with Crippen LogP contribution in [-0.2, 0) is 14.3 Å². The van der Waals surface area contributed by atoms with Crippen molar-refractivity contribution < 1.29 is 14.3 Å². The summed E-state index contributed by atoms with van der Waals surface area (Å²) in [5, 5.41) is 5.71. The van der Waals surface area contributed by atoms with Crippen LogP contribution in [0.3, 0.4) is 0 Å². The third-order valence-corrected chi connectivity index (χ3v) is 2.34. The van der Waals surface area contributed by atoms with Crippen LogP contribution in [0, 0.1) is 5.92 Å². The number of hydrogen-bond donors (Lipinski definition) is 2. The second kappa shape index (κ2) is 4.95. The Bertz CT molecular complexity index is 224. The molecule has 0 aromatic heterocycles. The highest BCUT2D eigenvalue weighted by molar-refractivity contribution is 5.85. The van der Waals surface area contributed by atoms with Crippen molar-refractivity contribution in [3.63, 3.8) is 0 Å². The summed E-state index contributed by atoms with van der Waals surface area (Å²) in [6, 6.07) is -0.562. The van der Waals surface area contributed by atoms with Gasteiger partial charge in [-0.2, -0.15) is 0 Å². The molecule has 0 aromatic rings. The smallest absolute Gasteiger partial charge is 0.328 e. The summed E-state index contributed by atoms with van der Waals surface area (Å²) < 4.78 is 4.51. The third kappa shape index (κ3) is 2.70. The van der Waals surface area contributed by atoms with Gasteiger partial charge in [0.1, 0.15) is 6.04 Å². The van der Waals surface area contributed by atoms with Crippen LogP contribution in [0.2, 0.25) is 0 Å². The number of rotatable bonds is 3. The van der Waals surface area contributed by atoms with Gasteiger partial charge >= 0.3 is 5.97 Å². The molecule has 0 bridgehead atoms. The van der Waals surface area contributed by atoms with Crippen molar-refractivity contribution in [3.05, 3.63) is 0 Å². The van der Waals surface area contributed by atoms with E-state index in [1.165, 1.54) is 7.11 Å². The van der Waals surface area contributed by atoms with Gasteiger partial charge in [-0.3, -0.25) is 4.79 Å². The minimum atomic E-state index is -0.562. The SMILES string of the molecule is COC(=O)[C@H](C)NC(=O)[C@@H]1CCNC1. The van der Waals surface area contributed by atoms with Gasteiger partial charge in [0, 0.05) is 6.54 Å². The zero-order valence-corrected chi connectivity index (χ0v) is 8.50. The number of nitrogens with one attached hydrogen (secondary N) is 2. The number of carbonyl (C=O) groups is 2. The Morgan fingerprint density at radius 3 is 2.79 bits per heavy atom. The zero-order valence-electron chi connectivity index (χ0n) is 8.50. The fraction of sp³-hybridized carbons (Fsp3) is 0.778. The molecule has 14 heavy (non-hydrogen) atoms. The first-order chi connectivity index (χ1) is 6.65. The van der Waals surface area contributed by atoms with Crippen LogP contribution < -0.4 is 10.6 Å². The van der Waals surface area contributed by atoms with Crippen molar-refractivity contribution in [2.24, 2.45) is 5.92 Å². The largest absolute Gasteiger partial charge is 0.467 e. The summed E-state index contributed by atoms with van der Waals surface area (Å²) >= 11 is 0. The van der Waals surface area contributed by atoms with Crippen molar-refractivity contribution in [2.45, 2.75) is 19.4 Å². The first-order valence-electron chi connectivity index (χ1n) is 4.74. The maximum Gasteiger partial charge on any atom is 0.328 e. The predicted octanol–water partition coefficient (Wildman–Crippen LogP) is -0.726. The summed E-state index contributed by atoms with van der Waals surface area (Å²) in [6.07, 6.45) is 0.833. The molecule has 1 fully saturated rings. The lowest BCUT2D eigenvalue weighted by Crippen LogP contribution is -2.42. The lowest BCUT2D eigenvalue weighted by molar-refractivity contribution is -0.144. The van der Waals surface area contributed by atoms with Gasteiger partial charge in [0.15, 0.2) is 0 Å². The molecule has 1 aliphatic rings. The molecule has 1 heterocycles. The molecule has 1 rings (SSSR count). The lowest BCUT2D eigenvalue weighted by atomic mass is 10.1. The molecule has 5 heteroatoms. The number of hydrogen-bond acceptors (Lipinski definition) is 4. The Labute approximate surface area is 83.2 Å². The topological polar surface area (TPSA) is 67.4 Å². The Balaban J connectivity index is 2.35. The quantitative estimate of drug-likeness (QED) is 0.590. The van der Waals surface area contributed by atoms with Gasteiger partial charge in [0.05, 0.1) is 13.0 Å². The highest BCUT2D eigenvalue weighted by Crippen LogP contribution is 2.07. The Kier molecular flexibility index (Phi) is 3.88. The summed E-state index contributed by atoms with van der Waals surface area (Å²) in [5.74, 6) is -0.501. The first-order valence-corrected chi connectivity index (χ1v) is 4.74. The number of carbonyl (C=O) groups excluding carboxylic acids is 2. The minimum absolute atomic E-state index is 0.0119. The van der Waals surface area contributed by atoms with Gasteiger partial charge in [0.2, 0.25) is 5.91 Å². The fourth-order valence-corrected chi connectivity index (χ4v) is 1.45. The first kappa shape index (κ1) is 11.0. The van der Waals surface area contributed by atoms with Gasteiger partial charge in [-0.1, -0.05) is 0 Å². The molecule has 1 saturated heterocycles. The highest BCUT2D eigenvalue weighted by Gasteiger charge is 2.25. The second-order valence-electron chi connectivity index (χ2n) is 3.44. The number of esters is 1. The van der Waals surface area contributed by atoms with Crippen molar-refractivity contribution in [1.29, 1.82) is 0 Å². The van der Waals surface area contributed by atoms with Crippen LogP contribution >= 0.6 is 0 Å². The van der Waals surface area contributed by atoms with E-state index in [4.69, 9.17) is 0 Å². The average molecular weight is 200 g/mol. The maximum atomic E-state index is 11.5. The minimum Gasteiger partial charge on any atom is -0.467 e. The molecule has 0 saturated carbocycles. The molecular weight excluding hydrogens is 184 g/mol. The monoisotopic (exact) mass is 200 g/mol. The lowest BCUT2D eigenvalue weighted by Gasteiger charge is -2.14. The van der Waals surface area contributed by atoms with E-state index in [-0.39, 0.29) is 11.8 Å². The molecule has 1 aliphatic heterocycles. The summed E-state index contributed by atoms with van der Waals surface area (Å²) in [4.78, 5) is 22.5. The van der Waals surface area contributed by atoms with E-state index in [1.54, 1.807) is 6.92 Å². The van der Waals surface area contributed by atoms with E-state index in [2.05, 4.69) is 15.4 Å². The molecule has 0 unspecified atom stereocenters. The fourth-order valence-electron chi connectivity index (χ4n) is 1.45. The molecule has 0 aliphatic carbocycles. The van der Waals surface area contributed by atoms with Gasteiger partial charge < -0.3 is 15.4 Å². The van der Waals surface area contributed by atoms with E-state index in [0.29, 0.717) is 6.54 Å². The highest BCUT2D eigenvalue weighted by atomic mass is 16.5. The van der Waals surface area contributed by atoms with Gasteiger partial charge in [0.25, 0.3) is 0 Å². The number of amides is 1. The van der Waals surface area contributed by atoms with Gasteiger partial charge in [-0.05, 0) is 19.9 Å². The summed E-state index contributed by atoms with van der Waals surface area (Å²) in [7, 11) is 1.31. The van der Waals surface area contributed by atoms with E-state index < -0.39 is 12.0 Å². The molecule has 2 N–H and O–H groups in total. The molecule has 80 valence electrons. The molecule has 0 aromatic carbocycles. The molecular formula is C9H16N2O3. The molecule has 2 atom stereocenters. The van der Waals surface area contributed by atoms with E-state index in [0.717, 1.165) is 13.0 Å². The summed E-state index contributed by atoms with van der Waals surface area (Å²) in [5.41, 5.74) is 0. The van der Waals surface area contributed by atoms with Crippen LogP contribution in [0.15, 0.2) is 0 Å². The average Bonchev–Trinajstić information content (AvgIpc) is 2.69. The van der Waals surface area contributed by atoms with Crippen LogP contribution in [0.4, 0.5) is 0 Å². The van der Waals surface area contributed by atoms with Crippen molar-refractivity contribution >= 4 is 11.9 Å². The molecule has 1 amide bonds. The van der Waals surface area contributed by atoms with E-state index in [1.807, 2.05) is 0 Å². The van der Waals surface area contributed by atoms with E-state index in [9.17, 15) is 9.59 Å². The molecule has 5 nitrogen and oxygen atoms in total. The predicted molar refractivity (Wildman–Crippen MR) is 50.6 cm³/mol. The van der Waals surface area contributed by atoms with Crippen molar-refractivity contribution in [1.82, 2.24) is 10.6 Å². The second-order valence-corrected chi connectivity index (χ2v) is 3.44. The van der Waals surface area contributed by atoms with Crippen LogP contribution in [0.5, 0.6) is 0 Å². The standard InChI is InChI=1S/C9H16N2O3/c1-6(9(13)14-2)11-8(12)7-3-4-10-5-7/h6-7,10H,3-5H2,1-2H3,(H,11,12)/t6-,7+/m0/s1. The Morgan fingerprint density at radius 2 is 2.29 bits per heavy atom. The van der Waals surface area contributed by atoms with Gasteiger partial charge in [-0.25, -0.2) is 4.79 Å². The Morgan fingerprint density at radius 1 is 1.57 bits per heavy atom. The van der Waals surface area contributed by atoms with Crippen LogP contribution in [0.25, 0.3) is 0 Å². The molecule has 0 spiro atoms. The third-order valence-electron chi connectivity index (χ3n) is 2.34. The van der Waals surface area contributed by atoms with Crippen molar-refractivity contribution in [3.8, 4) is 0 Å². The zero-order chi connectivity index (χ0) is 10.6. The number of methoxy groups -OCH3 is 1. The normalized spacial score (nSPS) is 22.9. The van der Waals surface area contributed by atoms with Crippen LogP contribution in [-0.4, -0.2) is 38.1 Å². The van der Waals surface area contributed by atoms with E-state index >= 15 is 0 Å². The van der Waals surface area contributed by atoms with Gasteiger partial charge in [-0.15, -0.1) is 0 Å². The van der Waals surface area contributed by atoms with Crippen LogP contribution in [0.1, 0.15) is 13.3 Å². The maximum absolute atomic E-state index is 11.5. The Hall–Kier alpha value is -1.10. The molecule has 0 radical (unpaired) electrons. The summed E-state index contributed by atoms with van der Waals surface area (Å²) in [6.45, 7) is 3.18. The van der Waals surface area contributed by atoms with Crippen molar-refractivity contribution in [2.75, 3.05) is 20.2 Å².